The number of aryl methyl sites for hydroxylation is 1. The first kappa shape index (κ1) is 11.0. The van der Waals surface area contributed by atoms with E-state index in [2.05, 4.69) is 6.92 Å². The van der Waals surface area contributed by atoms with Crippen molar-refractivity contribution in [1.29, 1.82) is 0 Å². The van der Waals surface area contributed by atoms with Crippen molar-refractivity contribution in [3.8, 4) is 5.75 Å². The number of phenols is 1. The fourth-order valence-corrected chi connectivity index (χ4v) is 0.951. The van der Waals surface area contributed by atoms with Crippen LogP contribution in [0.3, 0.4) is 0 Å². The molecule has 0 radical (unpaired) electrons. The Morgan fingerprint density at radius 1 is 1.08 bits per heavy atom. The van der Waals surface area contributed by atoms with Gasteiger partial charge in [-0.25, -0.2) is 0 Å². The van der Waals surface area contributed by atoms with Crippen LogP contribution in [-0.2, 0) is 6.42 Å². The lowest BCUT2D eigenvalue weighted by molar-refractivity contribution is 0.399. The average molecular weight is 168 g/mol. The van der Waals surface area contributed by atoms with Crippen LogP contribution in [0.25, 0.3) is 0 Å². The van der Waals surface area contributed by atoms with Crippen LogP contribution in [0.15, 0.2) is 24.3 Å². The summed E-state index contributed by atoms with van der Waals surface area (Å²) in [5.41, 5.74) is 1.29. The smallest absolute Gasteiger partial charge is 0.115 e. The summed E-state index contributed by atoms with van der Waals surface area (Å²) >= 11 is 0. The van der Waals surface area contributed by atoms with Gasteiger partial charge < -0.3 is 10.2 Å². The molecule has 1 rings (SSSR count). The number of aromatic hydroxyl groups is 1. The number of rotatable bonds is 2. The second-order valence-corrected chi connectivity index (χ2v) is 2.42. The molecule has 1 aromatic rings. The van der Waals surface area contributed by atoms with E-state index in [0.717, 1.165) is 20.0 Å². The van der Waals surface area contributed by atoms with E-state index in [1.807, 2.05) is 12.1 Å². The highest BCUT2D eigenvalue weighted by atomic mass is 16.3. The first-order valence-corrected chi connectivity index (χ1v) is 4.05. The van der Waals surface area contributed by atoms with Gasteiger partial charge in [-0.05, 0) is 24.1 Å². The minimum Gasteiger partial charge on any atom is -0.508 e. The Morgan fingerprint density at radius 3 is 2.00 bits per heavy atom. The molecule has 0 saturated carbocycles. The second-order valence-electron chi connectivity index (χ2n) is 2.42. The molecule has 0 spiro atoms. The fourth-order valence-electron chi connectivity index (χ4n) is 0.951. The molecule has 12 heavy (non-hydrogen) atoms. The Bertz CT molecular complexity index is 191. The van der Waals surface area contributed by atoms with Crippen molar-refractivity contribution < 1.29 is 10.2 Å². The molecule has 2 N–H and O–H groups in total. The monoisotopic (exact) mass is 168 g/mol. The van der Waals surface area contributed by atoms with Crippen LogP contribution in [0.4, 0.5) is 0 Å². The third-order valence-electron chi connectivity index (χ3n) is 1.48. The quantitative estimate of drug-likeness (QED) is 0.708. The van der Waals surface area contributed by atoms with Gasteiger partial charge >= 0.3 is 0 Å². The van der Waals surface area contributed by atoms with Gasteiger partial charge in [-0.2, -0.15) is 0 Å². The lowest BCUT2D eigenvalue weighted by atomic mass is 10.1. The SMILES string of the molecule is CCCc1ccc(O)cc1.CO. The van der Waals surface area contributed by atoms with Crippen molar-refractivity contribution in [3.05, 3.63) is 29.8 Å². The Hall–Kier alpha value is -1.02. The highest BCUT2D eigenvalue weighted by molar-refractivity contribution is 5.25. The molecule has 2 heteroatoms. The molecule has 0 heterocycles. The summed E-state index contributed by atoms with van der Waals surface area (Å²) in [5.74, 6) is 0.347. The average Bonchev–Trinajstić information content (AvgIpc) is 2.13. The molecular formula is C10H16O2. The van der Waals surface area contributed by atoms with Gasteiger partial charge in [0, 0.05) is 7.11 Å². The highest BCUT2D eigenvalue weighted by Gasteiger charge is 1.89. The van der Waals surface area contributed by atoms with E-state index >= 15 is 0 Å². The highest BCUT2D eigenvalue weighted by Crippen LogP contribution is 2.10. The molecule has 0 bridgehead atoms. The summed E-state index contributed by atoms with van der Waals surface area (Å²) in [4.78, 5) is 0. The molecule has 2 nitrogen and oxygen atoms in total. The van der Waals surface area contributed by atoms with E-state index in [-0.39, 0.29) is 0 Å². The third-order valence-corrected chi connectivity index (χ3v) is 1.48. The van der Waals surface area contributed by atoms with Crippen LogP contribution < -0.4 is 0 Å². The lowest BCUT2D eigenvalue weighted by Gasteiger charge is -1.96. The topological polar surface area (TPSA) is 40.5 Å². The van der Waals surface area contributed by atoms with E-state index in [9.17, 15) is 0 Å². The minimum atomic E-state index is 0.347. The minimum absolute atomic E-state index is 0.347. The van der Waals surface area contributed by atoms with Gasteiger partial charge in [0.05, 0.1) is 0 Å². The standard InChI is InChI=1S/C9H12O.CH4O/c1-2-3-8-4-6-9(10)7-5-8;1-2/h4-7,10H,2-3H2,1H3;2H,1H3. The van der Waals surface area contributed by atoms with Crippen molar-refractivity contribution in [1.82, 2.24) is 0 Å². The van der Waals surface area contributed by atoms with E-state index in [1.54, 1.807) is 12.1 Å². The van der Waals surface area contributed by atoms with Crippen LogP contribution in [0.5, 0.6) is 5.75 Å². The first-order valence-electron chi connectivity index (χ1n) is 4.05. The van der Waals surface area contributed by atoms with Crippen molar-refractivity contribution in [3.63, 3.8) is 0 Å². The lowest BCUT2D eigenvalue weighted by Crippen LogP contribution is -1.79. The number of hydrogen-bond donors (Lipinski definition) is 2. The molecule has 0 aliphatic heterocycles. The number of phenolic OH excluding ortho intramolecular Hbond substituents is 1. The van der Waals surface area contributed by atoms with Crippen molar-refractivity contribution >= 4 is 0 Å². The maximum atomic E-state index is 8.92. The van der Waals surface area contributed by atoms with Crippen molar-refractivity contribution in [2.45, 2.75) is 19.8 Å². The fraction of sp³-hybridized carbons (Fsp3) is 0.400. The van der Waals surface area contributed by atoms with Gasteiger partial charge in [-0.3, -0.25) is 0 Å². The van der Waals surface area contributed by atoms with Crippen LogP contribution in [0, 0.1) is 0 Å². The Kier molecular flexibility index (Phi) is 6.11. The normalized spacial score (nSPS) is 8.58. The summed E-state index contributed by atoms with van der Waals surface area (Å²) in [5, 5.41) is 15.9. The number of aliphatic hydroxyl groups is 1. The molecule has 0 unspecified atom stereocenters. The molecule has 68 valence electrons. The number of benzene rings is 1. The summed E-state index contributed by atoms with van der Waals surface area (Å²) in [6.45, 7) is 2.15. The van der Waals surface area contributed by atoms with Crippen LogP contribution in [0.2, 0.25) is 0 Å². The zero-order chi connectivity index (χ0) is 9.40. The summed E-state index contributed by atoms with van der Waals surface area (Å²) in [6.07, 6.45) is 2.26. The van der Waals surface area contributed by atoms with E-state index in [4.69, 9.17) is 10.2 Å². The van der Waals surface area contributed by atoms with Crippen molar-refractivity contribution in [2.24, 2.45) is 0 Å². The molecule has 0 amide bonds. The van der Waals surface area contributed by atoms with E-state index in [0.29, 0.717) is 5.75 Å². The number of aliphatic hydroxyl groups excluding tert-OH is 1. The Balaban J connectivity index is 0.000000561. The number of hydrogen-bond acceptors (Lipinski definition) is 2. The van der Waals surface area contributed by atoms with Gasteiger partial charge in [0.1, 0.15) is 5.75 Å². The first-order chi connectivity index (χ1) is 5.83. The largest absolute Gasteiger partial charge is 0.508 e. The van der Waals surface area contributed by atoms with Gasteiger partial charge in [0.15, 0.2) is 0 Å². The van der Waals surface area contributed by atoms with Gasteiger partial charge in [-0.1, -0.05) is 25.5 Å². The Labute approximate surface area is 73.5 Å². The molecule has 0 aromatic heterocycles. The maximum absolute atomic E-state index is 8.92. The van der Waals surface area contributed by atoms with Crippen molar-refractivity contribution in [2.75, 3.05) is 7.11 Å². The molecular weight excluding hydrogens is 152 g/mol. The molecule has 0 aliphatic carbocycles. The van der Waals surface area contributed by atoms with Crippen LogP contribution in [0.1, 0.15) is 18.9 Å². The van der Waals surface area contributed by atoms with E-state index < -0.39 is 0 Å². The Morgan fingerprint density at radius 2 is 1.58 bits per heavy atom. The molecule has 0 atom stereocenters. The van der Waals surface area contributed by atoms with E-state index in [1.165, 1.54) is 5.56 Å². The van der Waals surface area contributed by atoms with Crippen LogP contribution in [-0.4, -0.2) is 17.3 Å². The molecule has 1 aromatic carbocycles. The second kappa shape index (κ2) is 6.68. The van der Waals surface area contributed by atoms with Gasteiger partial charge in [0.2, 0.25) is 0 Å². The molecule has 0 saturated heterocycles. The zero-order valence-electron chi connectivity index (χ0n) is 7.62. The maximum Gasteiger partial charge on any atom is 0.115 e. The molecule has 0 fully saturated rings. The van der Waals surface area contributed by atoms with Gasteiger partial charge in [-0.15, -0.1) is 0 Å². The van der Waals surface area contributed by atoms with Crippen LogP contribution >= 0.6 is 0 Å². The third kappa shape index (κ3) is 3.98. The zero-order valence-corrected chi connectivity index (χ0v) is 7.62. The summed E-state index contributed by atoms with van der Waals surface area (Å²) < 4.78 is 0. The molecule has 0 aliphatic rings. The predicted octanol–water partition coefficient (Wildman–Crippen LogP) is 1.95. The summed E-state index contributed by atoms with van der Waals surface area (Å²) in [6, 6.07) is 7.37. The summed E-state index contributed by atoms with van der Waals surface area (Å²) in [7, 11) is 1.00. The van der Waals surface area contributed by atoms with Gasteiger partial charge in [0.25, 0.3) is 0 Å². The predicted molar refractivity (Wildman–Crippen MR) is 50.2 cm³/mol.